The largest absolute Gasteiger partial charge is 0.456 e. The minimum atomic E-state index is -0.312. The Morgan fingerprint density at radius 3 is 1.71 bits per heavy atom. The van der Waals surface area contributed by atoms with Gasteiger partial charge in [-0.2, -0.15) is 0 Å². The van der Waals surface area contributed by atoms with Crippen LogP contribution < -0.4 is 0 Å². The summed E-state index contributed by atoms with van der Waals surface area (Å²) < 4.78 is 8.28. The Kier molecular flexibility index (Phi) is 9.87. The summed E-state index contributed by atoms with van der Waals surface area (Å²) in [6, 6.07) is 64.6. The maximum atomic E-state index is 12.0. The molecule has 0 aliphatic heterocycles. The average Bonchev–Trinajstić information content (AvgIpc) is 3.87. The molecule has 8 aromatic carbocycles. The molecule has 0 unspecified atom stereocenters. The molecule has 2 nitrogen and oxygen atoms in total. The number of ketones is 1. The highest BCUT2D eigenvalue weighted by molar-refractivity contribution is 9.10. The van der Waals surface area contributed by atoms with Crippen LogP contribution in [0.4, 0.5) is 0 Å². The highest BCUT2D eigenvalue weighted by atomic mass is 79.9. The number of fused-ring (bicyclic) bond motifs is 3. The Bertz CT molecular complexity index is 2920. The van der Waals surface area contributed by atoms with E-state index in [1.807, 2.05) is 54.6 Å². The highest BCUT2D eigenvalue weighted by Gasteiger charge is 2.46. The van der Waals surface area contributed by atoms with Crippen molar-refractivity contribution in [3.63, 3.8) is 0 Å². The van der Waals surface area contributed by atoms with Gasteiger partial charge in [0, 0.05) is 41.8 Å². The molecule has 0 saturated heterocycles. The molecule has 0 amide bonds. The fourth-order valence-electron chi connectivity index (χ4n) is 9.09. The minimum absolute atomic E-state index is 0.0527. The van der Waals surface area contributed by atoms with Crippen LogP contribution in [0.1, 0.15) is 68.7 Å². The summed E-state index contributed by atoms with van der Waals surface area (Å²) in [6.07, 6.45) is 0. The van der Waals surface area contributed by atoms with Gasteiger partial charge in [-0.05, 0) is 76.2 Å². The third-order valence-corrected chi connectivity index (χ3v) is 12.8. The predicted molar refractivity (Wildman–Crippen MR) is 246 cm³/mol. The molecule has 0 saturated carbocycles. The summed E-state index contributed by atoms with van der Waals surface area (Å²) >= 11 is 7.02. The Morgan fingerprint density at radius 1 is 0.500 bits per heavy atom. The minimum Gasteiger partial charge on any atom is -0.456 e. The third kappa shape index (κ3) is 6.27. The number of hydrogen-bond acceptors (Lipinski definition) is 2. The smallest absolute Gasteiger partial charge is 0.193 e. The molecule has 0 bridgehead atoms. The van der Waals surface area contributed by atoms with E-state index in [0.29, 0.717) is 5.56 Å². The average molecular weight is 881 g/mol. The number of rotatable bonds is 4. The molecule has 282 valence electrons. The van der Waals surface area contributed by atoms with Crippen LogP contribution in [-0.2, 0) is 10.8 Å². The molecule has 1 aromatic heterocycles. The number of carbonyl (C=O) groups is 1. The van der Waals surface area contributed by atoms with Crippen LogP contribution in [0.5, 0.6) is 0 Å². The second kappa shape index (κ2) is 15.2. The first kappa shape index (κ1) is 37.7. The fraction of sp³-hybridized carbons (Fsp3) is 0.0926. The summed E-state index contributed by atoms with van der Waals surface area (Å²) in [5, 5.41) is 2.52. The number of carbonyl (C=O) groups excluding carboxylic acids is 1. The van der Waals surface area contributed by atoms with Crippen LogP contribution in [0, 0.1) is 6.92 Å². The lowest BCUT2D eigenvalue weighted by Crippen LogP contribution is -2.29. The van der Waals surface area contributed by atoms with E-state index < -0.39 is 0 Å². The lowest BCUT2D eigenvalue weighted by atomic mass is 9.67. The quantitative estimate of drug-likeness (QED) is 0.165. The zero-order chi connectivity index (χ0) is 40.0. The Balaban J connectivity index is 0.000000121. The zero-order valence-corrected chi connectivity index (χ0v) is 35.6. The maximum absolute atomic E-state index is 12.0. The summed E-state index contributed by atoms with van der Waals surface area (Å²) in [7, 11) is 0. The number of furan rings is 1. The van der Waals surface area contributed by atoms with E-state index in [1.54, 1.807) is 0 Å². The van der Waals surface area contributed by atoms with Crippen LogP contribution in [0.15, 0.2) is 201 Å². The van der Waals surface area contributed by atoms with Gasteiger partial charge in [0.2, 0.25) is 0 Å². The van der Waals surface area contributed by atoms with Gasteiger partial charge in [-0.3, -0.25) is 4.79 Å². The summed E-state index contributed by atoms with van der Waals surface area (Å²) in [5.74, 6) is 0.0527. The first-order valence-electron chi connectivity index (χ1n) is 19.5. The lowest BCUT2D eigenvalue weighted by molar-refractivity contribution is 0.103. The number of halogens is 2. The lowest BCUT2D eigenvalue weighted by Gasteiger charge is -2.34. The van der Waals surface area contributed by atoms with Crippen LogP contribution >= 0.6 is 31.9 Å². The molecule has 4 heteroatoms. The highest BCUT2D eigenvalue weighted by Crippen LogP contribution is 2.56. The van der Waals surface area contributed by atoms with Crippen molar-refractivity contribution in [2.24, 2.45) is 0 Å². The number of aryl methyl sites for hydroxylation is 1. The van der Waals surface area contributed by atoms with Crippen LogP contribution in [0.3, 0.4) is 0 Å². The molecule has 0 N–H and O–H groups in total. The molecule has 0 atom stereocenters. The Hall–Kier alpha value is -5.81. The predicted octanol–water partition coefficient (Wildman–Crippen LogP) is 15.0. The molecular weight excluding hydrogens is 840 g/mol. The van der Waals surface area contributed by atoms with Crippen molar-refractivity contribution in [2.45, 2.75) is 31.6 Å². The van der Waals surface area contributed by atoms with Gasteiger partial charge in [-0.15, -0.1) is 0 Å². The molecular formula is C54H40Br2O2. The van der Waals surface area contributed by atoms with Crippen LogP contribution in [0.25, 0.3) is 33.1 Å². The van der Waals surface area contributed by atoms with Gasteiger partial charge in [-0.1, -0.05) is 209 Å². The van der Waals surface area contributed by atoms with Gasteiger partial charge in [0.15, 0.2) is 5.78 Å². The third-order valence-electron chi connectivity index (χ3n) is 11.7. The molecule has 11 rings (SSSR count). The summed E-state index contributed by atoms with van der Waals surface area (Å²) in [4.78, 5) is 12.0. The molecule has 0 spiro atoms. The molecule has 0 radical (unpaired) electrons. The molecule has 1 heterocycles. The van der Waals surface area contributed by atoms with E-state index in [0.717, 1.165) is 21.2 Å². The molecule has 2 aliphatic carbocycles. The Labute approximate surface area is 356 Å². The topological polar surface area (TPSA) is 30.2 Å². The molecule has 0 fully saturated rings. The van der Waals surface area contributed by atoms with E-state index in [4.69, 9.17) is 4.42 Å². The first-order valence-corrected chi connectivity index (χ1v) is 21.1. The van der Waals surface area contributed by atoms with Crippen molar-refractivity contribution in [3.8, 4) is 11.1 Å². The Morgan fingerprint density at radius 2 is 1.03 bits per heavy atom. The van der Waals surface area contributed by atoms with Gasteiger partial charge in [-0.25, -0.2) is 0 Å². The van der Waals surface area contributed by atoms with Crippen molar-refractivity contribution in [1.29, 1.82) is 0 Å². The van der Waals surface area contributed by atoms with Gasteiger partial charge in [0.25, 0.3) is 0 Å². The van der Waals surface area contributed by atoms with E-state index in [9.17, 15) is 4.79 Å². The monoisotopic (exact) mass is 878 g/mol. The van der Waals surface area contributed by atoms with Gasteiger partial charge < -0.3 is 4.42 Å². The van der Waals surface area contributed by atoms with Crippen LogP contribution in [0.2, 0.25) is 0 Å². The van der Waals surface area contributed by atoms with E-state index in [1.165, 1.54) is 65.3 Å². The molecule has 2 aliphatic rings. The second-order valence-corrected chi connectivity index (χ2v) is 17.3. The fourth-order valence-corrected chi connectivity index (χ4v) is 10.1. The van der Waals surface area contributed by atoms with Crippen molar-refractivity contribution < 1.29 is 9.21 Å². The summed E-state index contributed by atoms with van der Waals surface area (Å²) in [5.41, 5.74) is 15.3. The maximum Gasteiger partial charge on any atom is 0.193 e. The second-order valence-electron chi connectivity index (χ2n) is 15.5. The van der Waals surface area contributed by atoms with E-state index >= 15 is 0 Å². The van der Waals surface area contributed by atoms with Crippen molar-refractivity contribution in [3.05, 3.63) is 247 Å². The number of hydrogen-bond donors (Lipinski definition) is 0. The van der Waals surface area contributed by atoms with Crippen LogP contribution in [-0.4, -0.2) is 5.78 Å². The van der Waals surface area contributed by atoms with Crippen molar-refractivity contribution in [1.82, 2.24) is 0 Å². The van der Waals surface area contributed by atoms with Gasteiger partial charge in [0.05, 0.1) is 5.41 Å². The SMILES string of the molecule is CC1(C)c2ccccc2-c2c(Br)cccc21.Cc1cccc(C2(c3ccccc3)c3cccc4oc5cccc2c5c34)c1.O=C(c1ccccc1)c1cccc(Br)c1. The van der Waals surface area contributed by atoms with E-state index in [-0.39, 0.29) is 16.6 Å². The normalized spacial score (nSPS) is 13.6. The molecule has 9 aromatic rings. The van der Waals surface area contributed by atoms with Gasteiger partial charge in [0.1, 0.15) is 11.2 Å². The number of benzene rings is 8. The molecule has 58 heavy (non-hydrogen) atoms. The standard InChI is InChI=1S/C26H18O.C15H13Br.C13H9BrO/c1-17-8-5-11-19(16-17)26(18-9-3-2-4-10-18)20-12-6-14-22-24(20)25-21(26)13-7-15-23(25)27-22;1-15(2)11-7-4-3-6-10(11)14-12(15)8-5-9-13(14)16;14-12-8-4-7-11(9-12)13(15)10-5-2-1-3-6-10/h2-16H,1H3;3-9H,1-2H3;1-9H. The van der Waals surface area contributed by atoms with Crippen molar-refractivity contribution in [2.75, 3.05) is 0 Å². The van der Waals surface area contributed by atoms with E-state index in [2.05, 4.69) is 186 Å². The summed E-state index contributed by atoms with van der Waals surface area (Å²) in [6.45, 7) is 6.76. The van der Waals surface area contributed by atoms with Gasteiger partial charge >= 0.3 is 0 Å². The first-order chi connectivity index (χ1) is 28.2. The van der Waals surface area contributed by atoms with Crippen molar-refractivity contribution >= 4 is 59.6 Å². The zero-order valence-electron chi connectivity index (χ0n) is 32.5.